The zero-order valence-electron chi connectivity index (χ0n) is 18.0. The van der Waals surface area contributed by atoms with Gasteiger partial charge in [0.25, 0.3) is 0 Å². The molecule has 0 amide bonds. The van der Waals surface area contributed by atoms with Gasteiger partial charge in [0.1, 0.15) is 0 Å². The number of carbonyl (C=O) groups is 1. The normalized spacial score (nSPS) is 47.8. The van der Waals surface area contributed by atoms with E-state index >= 15 is 0 Å². The summed E-state index contributed by atoms with van der Waals surface area (Å²) in [6.45, 7) is 7.83. The van der Waals surface area contributed by atoms with Gasteiger partial charge in [-0.05, 0) is 91.8 Å². The minimum Gasteiger partial charge on any atom is -0.330 e. The number of carbonyl (C=O) groups excluding carboxylic acids is 1. The largest absolute Gasteiger partial charge is 0.330 e. The smallest absolute Gasteiger partial charge is 0.156 e. The summed E-state index contributed by atoms with van der Waals surface area (Å²) in [7, 11) is 0. The molecule has 4 fully saturated rings. The van der Waals surface area contributed by atoms with Gasteiger partial charge in [-0.3, -0.25) is 4.79 Å². The third-order valence-corrected chi connectivity index (χ3v) is 9.80. The number of hydrogen-bond donors (Lipinski definition) is 0. The van der Waals surface area contributed by atoms with Crippen molar-refractivity contribution in [1.82, 2.24) is 9.55 Å². The van der Waals surface area contributed by atoms with Crippen molar-refractivity contribution in [2.24, 2.45) is 52.8 Å². The zero-order valence-corrected chi connectivity index (χ0v) is 18.0. The molecule has 0 bridgehead atoms. The van der Waals surface area contributed by atoms with Gasteiger partial charge in [-0.15, -0.1) is 0 Å². The van der Waals surface area contributed by atoms with Crippen LogP contribution in [-0.2, 0) is 11.3 Å². The van der Waals surface area contributed by atoms with E-state index in [1.54, 1.807) is 12.5 Å². The van der Waals surface area contributed by atoms with E-state index < -0.39 is 0 Å². The van der Waals surface area contributed by atoms with Gasteiger partial charge in [-0.2, -0.15) is 0 Å². The topological polar surface area (TPSA) is 34.9 Å². The maximum atomic E-state index is 13.4. The van der Waals surface area contributed by atoms with Crippen molar-refractivity contribution in [3.05, 3.63) is 18.7 Å². The van der Waals surface area contributed by atoms with Crippen LogP contribution in [0.5, 0.6) is 0 Å². The van der Waals surface area contributed by atoms with Crippen LogP contribution < -0.4 is 0 Å². The van der Waals surface area contributed by atoms with E-state index in [9.17, 15) is 4.79 Å². The lowest BCUT2D eigenvalue weighted by molar-refractivity contribution is -0.132. The number of ketones is 1. The molecule has 1 heterocycles. The van der Waals surface area contributed by atoms with Crippen LogP contribution in [0, 0.1) is 52.8 Å². The third kappa shape index (κ3) is 2.91. The summed E-state index contributed by atoms with van der Waals surface area (Å²) >= 11 is 0. The van der Waals surface area contributed by atoms with Crippen molar-refractivity contribution >= 4 is 5.78 Å². The number of rotatable bonds is 3. The highest BCUT2D eigenvalue weighted by Gasteiger charge is 2.60. The summed E-state index contributed by atoms with van der Waals surface area (Å²) in [4.78, 5) is 17.5. The van der Waals surface area contributed by atoms with Gasteiger partial charge in [-0.1, -0.05) is 27.2 Å². The zero-order chi connectivity index (χ0) is 19.5. The lowest BCUT2D eigenvalue weighted by Crippen LogP contribution is -2.49. The Hall–Kier alpha value is -1.12. The Kier molecular flexibility index (Phi) is 4.71. The van der Waals surface area contributed by atoms with Crippen molar-refractivity contribution in [2.75, 3.05) is 0 Å². The fraction of sp³-hybridized carbons (Fsp3) is 0.840. The molecule has 1 aromatic heterocycles. The Morgan fingerprint density at radius 1 is 1.07 bits per heavy atom. The Bertz CT molecular complexity index is 712. The molecule has 154 valence electrons. The monoisotopic (exact) mass is 382 g/mol. The van der Waals surface area contributed by atoms with Gasteiger partial charge >= 0.3 is 0 Å². The van der Waals surface area contributed by atoms with Gasteiger partial charge < -0.3 is 4.57 Å². The van der Waals surface area contributed by atoms with Gasteiger partial charge in [0.2, 0.25) is 0 Å². The molecular weight excluding hydrogens is 344 g/mol. The van der Waals surface area contributed by atoms with Crippen molar-refractivity contribution in [2.45, 2.75) is 78.7 Å². The molecule has 9 atom stereocenters. The van der Waals surface area contributed by atoms with Crippen molar-refractivity contribution in [1.29, 1.82) is 0 Å². The molecule has 0 saturated heterocycles. The van der Waals surface area contributed by atoms with Gasteiger partial charge in [0.05, 0.1) is 12.9 Å². The average Bonchev–Trinajstić information content (AvgIpc) is 3.25. The first-order chi connectivity index (χ1) is 13.5. The summed E-state index contributed by atoms with van der Waals surface area (Å²) < 4.78 is 1.96. The second kappa shape index (κ2) is 6.99. The predicted octanol–water partition coefficient (Wildman–Crippen LogP) is 5.60. The molecular formula is C25H38N2O. The Morgan fingerprint density at radius 3 is 2.68 bits per heavy atom. The quantitative estimate of drug-likeness (QED) is 0.682. The van der Waals surface area contributed by atoms with Crippen LogP contribution in [0.2, 0.25) is 0 Å². The highest BCUT2D eigenvalue weighted by Crippen LogP contribution is 2.65. The minimum absolute atomic E-state index is 0.229. The Labute approximate surface area is 170 Å². The molecule has 4 aliphatic rings. The van der Waals surface area contributed by atoms with Crippen molar-refractivity contribution < 1.29 is 4.79 Å². The second-order valence-corrected chi connectivity index (χ2v) is 11.3. The highest BCUT2D eigenvalue weighted by molar-refractivity contribution is 5.82. The van der Waals surface area contributed by atoms with E-state index in [0.29, 0.717) is 18.2 Å². The molecule has 3 heteroatoms. The van der Waals surface area contributed by atoms with Crippen molar-refractivity contribution in [3.63, 3.8) is 0 Å². The number of Topliss-reactive ketones (excluding diaryl/α,β-unsaturated/α-hetero) is 1. The van der Waals surface area contributed by atoms with Crippen LogP contribution in [-0.4, -0.2) is 15.3 Å². The standard InChI is InChI=1S/C25H38N2O/c1-16-4-6-19-18(12-16)5-7-21-20(19)8-9-25(3)22(21)13-17(2)24(25)23(28)14-27-11-10-26-15-27/h10-11,15-22,24H,4-9,12-14H2,1-3H3. The molecule has 4 aliphatic carbocycles. The molecule has 0 spiro atoms. The summed E-state index contributed by atoms with van der Waals surface area (Å²) in [5.41, 5.74) is 0.229. The highest BCUT2D eigenvalue weighted by atomic mass is 16.1. The van der Waals surface area contributed by atoms with Gasteiger partial charge in [0.15, 0.2) is 5.78 Å². The van der Waals surface area contributed by atoms with Crippen LogP contribution in [0.25, 0.3) is 0 Å². The number of nitrogens with zero attached hydrogens (tertiary/aromatic N) is 2. The van der Waals surface area contributed by atoms with E-state index in [1.165, 1.54) is 51.4 Å². The van der Waals surface area contributed by atoms with Gasteiger partial charge in [-0.25, -0.2) is 4.98 Å². The van der Waals surface area contributed by atoms with Crippen LogP contribution in [0.1, 0.15) is 72.1 Å². The number of hydrogen-bond acceptors (Lipinski definition) is 2. The molecule has 9 unspecified atom stereocenters. The molecule has 4 saturated carbocycles. The summed E-state index contributed by atoms with van der Waals surface area (Å²) in [6, 6.07) is 0. The molecule has 0 aliphatic heterocycles. The number of imidazole rings is 1. The van der Waals surface area contributed by atoms with E-state index in [2.05, 4.69) is 25.8 Å². The van der Waals surface area contributed by atoms with E-state index in [1.807, 2.05) is 10.8 Å². The third-order valence-electron chi connectivity index (χ3n) is 9.80. The molecule has 0 N–H and O–H groups in total. The number of fused-ring (bicyclic) bond motifs is 5. The minimum atomic E-state index is 0.229. The molecule has 0 aromatic carbocycles. The fourth-order valence-corrected chi connectivity index (χ4v) is 8.80. The lowest BCUT2D eigenvalue weighted by Gasteiger charge is -2.56. The molecule has 3 nitrogen and oxygen atoms in total. The first-order valence-corrected chi connectivity index (χ1v) is 12.0. The maximum Gasteiger partial charge on any atom is 0.156 e. The maximum absolute atomic E-state index is 13.4. The van der Waals surface area contributed by atoms with Crippen LogP contribution in [0.4, 0.5) is 0 Å². The predicted molar refractivity (Wildman–Crippen MR) is 112 cm³/mol. The average molecular weight is 383 g/mol. The van der Waals surface area contributed by atoms with Crippen LogP contribution >= 0.6 is 0 Å². The van der Waals surface area contributed by atoms with Crippen LogP contribution in [0.3, 0.4) is 0 Å². The van der Waals surface area contributed by atoms with E-state index in [-0.39, 0.29) is 11.3 Å². The van der Waals surface area contributed by atoms with Crippen LogP contribution in [0.15, 0.2) is 18.7 Å². The number of aromatic nitrogens is 2. The molecule has 0 radical (unpaired) electrons. The molecule has 5 rings (SSSR count). The Morgan fingerprint density at radius 2 is 1.89 bits per heavy atom. The SMILES string of the molecule is CC1CCC2C(CCC3C2CCC2(C)C3CC(C)C2C(=O)Cn2ccnc2)C1. The molecule has 1 aromatic rings. The first-order valence-electron chi connectivity index (χ1n) is 12.0. The lowest BCUT2D eigenvalue weighted by atomic mass is 9.49. The van der Waals surface area contributed by atoms with E-state index in [4.69, 9.17) is 0 Å². The summed E-state index contributed by atoms with van der Waals surface area (Å²) in [5, 5.41) is 0. The van der Waals surface area contributed by atoms with E-state index in [0.717, 1.165) is 35.5 Å². The second-order valence-electron chi connectivity index (χ2n) is 11.3. The summed E-state index contributed by atoms with van der Waals surface area (Å²) in [5.74, 6) is 6.80. The first kappa shape index (κ1) is 18.9. The Balaban J connectivity index is 1.36. The summed E-state index contributed by atoms with van der Waals surface area (Å²) in [6.07, 6.45) is 16.8. The fourth-order valence-electron chi connectivity index (χ4n) is 8.80. The molecule has 28 heavy (non-hydrogen) atoms. The van der Waals surface area contributed by atoms with Gasteiger partial charge in [0, 0.05) is 18.3 Å². The van der Waals surface area contributed by atoms with Crippen molar-refractivity contribution in [3.8, 4) is 0 Å².